The average Bonchev–Trinajstić information content (AvgIpc) is 2.38. The van der Waals surface area contributed by atoms with Gasteiger partial charge in [-0.05, 0) is 31.1 Å². The highest BCUT2D eigenvalue weighted by molar-refractivity contribution is 5.50. The number of hydrogen-bond acceptors (Lipinski definition) is 4. The van der Waals surface area contributed by atoms with Crippen LogP contribution in [0.2, 0.25) is 0 Å². The smallest absolute Gasteiger partial charge is 0.164 e. The van der Waals surface area contributed by atoms with Crippen LogP contribution >= 0.6 is 0 Å². The summed E-state index contributed by atoms with van der Waals surface area (Å²) in [5, 5.41) is 3.29. The van der Waals surface area contributed by atoms with Gasteiger partial charge in [0.15, 0.2) is 11.5 Å². The van der Waals surface area contributed by atoms with Gasteiger partial charge in [-0.25, -0.2) is 0 Å². The third-order valence-electron chi connectivity index (χ3n) is 2.61. The topological polar surface area (TPSA) is 39.7 Å². The van der Waals surface area contributed by atoms with E-state index < -0.39 is 0 Å². The van der Waals surface area contributed by atoms with Crippen molar-refractivity contribution in [2.24, 2.45) is 0 Å². The largest absolute Gasteiger partial charge is 0.496 e. The molecule has 17 heavy (non-hydrogen) atoms. The van der Waals surface area contributed by atoms with Crippen LogP contribution in [0.5, 0.6) is 17.2 Å². The molecule has 0 fully saturated rings. The Hall–Kier alpha value is -1.42. The van der Waals surface area contributed by atoms with Gasteiger partial charge in [-0.15, -0.1) is 0 Å². The van der Waals surface area contributed by atoms with Crippen molar-refractivity contribution in [3.05, 3.63) is 17.7 Å². The van der Waals surface area contributed by atoms with Crippen molar-refractivity contribution in [2.75, 3.05) is 34.4 Å². The Kier molecular flexibility index (Phi) is 5.63. The lowest BCUT2D eigenvalue weighted by Gasteiger charge is -2.14. The fourth-order valence-corrected chi connectivity index (χ4v) is 1.69. The van der Waals surface area contributed by atoms with Crippen LogP contribution in [0.15, 0.2) is 12.1 Å². The maximum absolute atomic E-state index is 5.35. The molecule has 4 heteroatoms. The molecule has 0 aromatic heterocycles. The summed E-state index contributed by atoms with van der Waals surface area (Å²) in [6.45, 7) is 3.98. The zero-order valence-corrected chi connectivity index (χ0v) is 11.0. The first-order valence-corrected chi connectivity index (χ1v) is 5.76. The summed E-state index contributed by atoms with van der Waals surface area (Å²) in [6, 6.07) is 3.83. The van der Waals surface area contributed by atoms with E-state index in [0.29, 0.717) is 5.75 Å². The summed E-state index contributed by atoms with van der Waals surface area (Å²) < 4.78 is 15.9. The molecule has 0 radical (unpaired) electrons. The monoisotopic (exact) mass is 239 g/mol. The van der Waals surface area contributed by atoms with Crippen LogP contribution in [0.3, 0.4) is 0 Å². The molecule has 0 heterocycles. The zero-order chi connectivity index (χ0) is 12.7. The second kappa shape index (κ2) is 7.01. The number of nitrogens with one attached hydrogen (secondary N) is 1. The molecule has 4 nitrogen and oxygen atoms in total. The van der Waals surface area contributed by atoms with Crippen LogP contribution in [0.25, 0.3) is 0 Å². The van der Waals surface area contributed by atoms with Crippen molar-refractivity contribution in [1.82, 2.24) is 5.32 Å². The van der Waals surface area contributed by atoms with E-state index in [2.05, 4.69) is 12.2 Å². The van der Waals surface area contributed by atoms with Crippen LogP contribution in [-0.4, -0.2) is 34.4 Å². The lowest BCUT2D eigenvalue weighted by molar-refractivity contribution is 0.347. The summed E-state index contributed by atoms with van der Waals surface area (Å²) in [5.41, 5.74) is 1.12. The number of hydrogen-bond donors (Lipinski definition) is 1. The summed E-state index contributed by atoms with van der Waals surface area (Å²) in [6.07, 6.45) is 0.900. The van der Waals surface area contributed by atoms with E-state index in [1.54, 1.807) is 21.3 Å². The van der Waals surface area contributed by atoms with Gasteiger partial charge in [0.2, 0.25) is 0 Å². The van der Waals surface area contributed by atoms with Gasteiger partial charge in [0.25, 0.3) is 0 Å². The van der Waals surface area contributed by atoms with Gasteiger partial charge in [0, 0.05) is 6.07 Å². The predicted molar refractivity (Wildman–Crippen MR) is 68.3 cm³/mol. The minimum absolute atomic E-state index is 0.691. The number of rotatable bonds is 7. The van der Waals surface area contributed by atoms with Crippen LogP contribution in [0.1, 0.15) is 12.5 Å². The molecule has 96 valence electrons. The number of ether oxygens (including phenoxy) is 3. The van der Waals surface area contributed by atoms with Crippen molar-refractivity contribution in [3.8, 4) is 17.2 Å². The molecule has 0 aliphatic heterocycles. The van der Waals surface area contributed by atoms with Gasteiger partial charge in [-0.1, -0.05) is 6.92 Å². The molecule has 1 aromatic rings. The van der Waals surface area contributed by atoms with E-state index in [0.717, 1.165) is 36.6 Å². The maximum atomic E-state index is 5.35. The highest BCUT2D eigenvalue weighted by Gasteiger charge is 2.11. The van der Waals surface area contributed by atoms with Crippen LogP contribution < -0.4 is 19.5 Å². The van der Waals surface area contributed by atoms with E-state index in [1.807, 2.05) is 12.1 Å². The van der Waals surface area contributed by atoms with Gasteiger partial charge < -0.3 is 19.5 Å². The van der Waals surface area contributed by atoms with E-state index in [9.17, 15) is 0 Å². The Balaban J connectivity index is 2.93. The fraction of sp³-hybridized carbons (Fsp3) is 0.538. The molecule has 1 rings (SSSR count). The maximum Gasteiger partial charge on any atom is 0.164 e. The Morgan fingerprint density at radius 2 is 1.53 bits per heavy atom. The molecular weight excluding hydrogens is 218 g/mol. The van der Waals surface area contributed by atoms with E-state index >= 15 is 0 Å². The number of benzene rings is 1. The second-order valence-corrected chi connectivity index (χ2v) is 3.62. The Labute approximate surface area is 103 Å². The van der Waals surface area contributed by atoms with Gasteiger partial charge in [0.1, 0.15) is 5.75 Å². The standard InChI is InChI=1S/C13H21NO3/c1-5-14-7-6-10-8-12(16-3)13(17-4)9-11(10)15-2/h8-9,14H,5-7H2,1-4H3. The van der Waals surface area contributed by atoms with Gasteiger partial charge in [-0.2, -0.15) is 0 Å². The van der Waals surface area contributed by atoms with Crippen LogP contribution in [-0.2, 0) is 6.42 Å². The highest BCUT2D eigenvalue weighted by atomic mass is 16.5. The Morgan fingerprint density at radius 1 is 0.941 bits per heavy atom. The fourth-order valence-electron chi connectivity index (χ4n) is 1.69. The third-order valence-corrected chi connectivity index (χ3v) is 2.61. The van der Waals surface area contributed by atoms with Crippen molar-refractivity contribution in [2.45, 2.75) is 13.3 Å². The van der Waals surface area contributed by atoms with Crippen molar-refractivity contribution in [3.63, 3.8) is 0 Å². The summed E-state index contributed by atoms with van der Waals surface area (Å²) in [5.74, 6) is 2.26. The molecular formula is C13H21NO3. The van der Waals surface area contributed by atoms with Gasteiger partial charge in [-0.3, -0.25) is 0 Å². The lowest BCUT2D eigenvalue weighted by atomic mass is 10.1. The molecule has 1 N–H and O–H groups in total. The van der Waals surface area contributed by atoms with Gasteiger partial charge in [0.05, 0.1) is 21.3 Å². The van der Waals surface area contributed by atoms with E-state index in [1.165, 1.54) is 0 Å². The first-order chi connectivity index (χ1) is 8.26. The van der Waals surface area contributed by atoms with Crippen LogP contribution in [0.4, 0.5) is 0 Å². The number of likely N-dealkylation sites (N-methyl/N-ethyl adjacent to an activating group) is 1. The lowest BCUT2D eigenvalue weighted by Crippen LogP contribution is -2.16. The third kappa shape index (κ3) is 3.53. The predicted octanol–water partition coefficient (Wildman–Crippen LogP) is 1.86. The molecule has 0 amide bonds. The minimum Gasteiger partial charge on any atom is -0.496 e. The molecule has 0 bridgehead atoms. The Bertz CT molecular complexity index is 353. The van der Waals surface area contributed by atoms with Crippen molar-refractivity contribution >= 4 is 0 Å². The number of methoxy groups -OCH3 is 3. The first-order valence-electron chi connectivity index (χ1n) is 5.76. The molecule has 0 aliphatic carbocycles. The summed E-state index contributed by atoms with van der Waals surface area (Å²) in [4.78, 5) is 0. The normalized spacial score (nSPS) is 10.1. The molecule has 0 unspecified atom stereocenters. The molecule has 0 aliphatic rings. The summed E-state index contributed by atoms with van der Waals surface area (Å²) in [7, 11) is 4.92. The SMILES string of the molecule is CCNCCc1cc(OC)c(OC)cc1OC. The van der Waals surface area contributed by atoms with Crippen LogP contribution in [0, 0.1) is 0 Å². The molecule has 0 saturated carbocycles. The first kappa shape index (κ1) is 13.6. The van der Waals surface area contributed by atoms with E-state index in [-0.39, 0.29) is 0 Å². The summed E-state index contributed by atoms with van der Waals surface area (Å²) >= 11 is 0. The average molecular weight is 239 g/mol. The van der Waals surface area contributed by atoms with Gasteiger partial charge >= 0.3 is 0 Å². The molecule has 0 saturated heterocycles. The van der Waals surface area contributed by atoms with Crippen molar-refractivity contribution in [1.29, 1.82) is 0 Å². The molecule has 1 aromatic carbocycles. The zero-order valence-electron chi connectivity index (χ0n) is 11.0. The Morgan fingerprint density at radius 3 is 2.06 bits per heavy atom. The van der Waals surface area contributed by atoms with Crippen molar-refractivity contribution < 1.29 is 14.2 Å². The minimum atomic E-state index is 0.691. The molecule has 0 atom stereocenters. The second-order valence-electron chi connectivity index (χ2n) is 3.62. The molecule has 0 spiro atoms. The van der Waals surface area contributed by atoms with E-state index in [4.69, 9.17) is 14.2 Å². The quantitative estimate of drug-likeness (QED) is 0.737. The highest BCUT2D eigenvalue weighted by Crippen LogP contribution is 2.34.